The van der Waals surface area contributed by atoms with Crippen molar-refractivity contribution in [3.8, 4) is 0 Å². The van der Waals surface area contributed by atoms with Gasteiger partial charge in [0.25, 0.3) is 5.69 Å². The van der Waals surface area contributed by atoms with Gasteiger partial charge in [-0.15, -0.1) is 0 Å². The van der Waals surface area contributed by atoms with Gasteiger partial charge in [0, 0.05) is 30.9 Å². The maximum Gasteiger partial charge on any atom is 0.309 e. The van der Waals surface area contributed by atoms with Crippen LogP contribution in [0.5, 0.6) is 0 Å². The lowest BCUT2D eigenvalue weighted by molar-refractivity contribution is -0.384. The van der Waals surface area contributed by atoms with Crippen LogP contribution in [0, 0.1) is 23.0 Å². The number of hydrogen-bond donors (Lipinski definition) is 0. The van der Waals surface area contributed by atoms with E-state index in [1.807, 2.05) is 13.8 Å². The number of anilines is 1. The van der Waals surface area contributed by atoms with Crippen LogP contribution >= 0.6 is 0 Å². The summed E-state index contributed by atoms with van der Waals surface area (Å²) < 4.78 is 5.06. The molecule has 1 fully saturated rings. The van der Waals surface area contributed by atoms with Gasteiger partial charge < -0.3 is 9.64 Å². The summed E-state index contributed by atoms with van der Waals surface area (Å²) >= 11 is 0. The Morgan fingerprint density at radius 3 is 2.62 bits per heavy atom. The molecule has 0 aromatic heterocycles. The molecule has 1 aliphatic heterocycles. The molecule has 0 aliphatic carbocycles. The standard InChI is InChI=1S/C15H20N2O4/c1-3-21-15(18)12-6-8-16(9-7-12)14-5-4-13(17(19)20)10-11(14)2/h4-5,10,12H,3,6-9H2,1-2H3. The maximum absolute atomic E-state index is 11.7. The number of esters is 1. The number of hydrogen-bond acceptors (Lipinski definition) is 5. The summed E-state index contributed by atoms with van der Waals surface area (Å²) in [4.78, 5) is 24.3. The van der Waals surface area contributed by atoms with Crippen molar-refractivity contribution >= 4 is 17.3 Å². The Balaban J connectivity index is 2.02. The van der Waals surface area contributed by atoms with Crippen molar-refractivity contribution in [3.63, 3.8) is 0 Å². The van der Waals surface area contributed by atoms with Crippen molar-refractivity contribution in [3.05, 3.63) is 33.9 Å². The number of nitrogens with zero attached hydrogens (tertiary/aromatic N) is 2. The molecule has 1 aromatic carbocycles. The van der Waals surface area contributed by atoms with Gasteiger partial charge in [-0.3, -0.25) is 14.9 Å². The molecule has 0 bridgehead atoms. The van der Waals surface area contributed by atoms with E-state index in [1.165, 1.54) is 6.07 Å². The second kappa shape index (κ2) is 6.56. The Kier molecular flexibility index (Phi) is 4.77. The molecule has 1 aliphatic rings. The highest BCUT2D eigenvalue weighted by molar-refractivity contribution is 5.73. The summed E-state index contributed by atoms with van der Waals surface area (Å²) in [7, 11) is 0. The Morgan fingerprint density at radius 1 is 1.43 bits per heavy atom. The molecule has 21 heavy (non-hydrogen) atoms. The summed E-state index contributed by atoms with van der Waals surface area (Å²) in [6, 6.07) is 4.91. The van der Waals surface area contributed by atoms with Crippen molar-refractivity contribution < 1.29 is 14.5 Å². The molecule has 0 atom stereocenters. The molecule has 2 rings (SSSR count). The number of nitro benzene ring substituents is 1. The van der Waals surface area contributed by atoms with Gasteiger partial charge in [0.05, 0.1) is 17.4 Å². The van der Waals surface area contributed by atoms with E-state index in [4.69, 9.17) is 4.74 Å². The predicted octanol–water partition coefficient (Wildman–Crippen LogP) is 2.68. The van der Waals surface area contributed by atoms with Crippen molar-refractivity contribution in [2.75, 3.05) is 24.6 Å². The molecule has 1 saturated heterocycles. The third-order valence-corrected chi connectivity index (χ3v) is 3.85. The molecule has 0 radical (unpaired) electrons. The molecule has 0 amide bonds. The number of benzene rings is 1. The second-order valence-electron chi connectivity index (χ2n) is 5.24. The molecule has 1 heterocycles. The summed E-state index contributed by atoms with van der Waals surface area (Å²) in [6.07, 6.45) is 1.52. The third-order valence-electron chi connectivity index (χ3n) is 3.85. The topological polar surface area (TPSA) is 72.7 Å². The molecule has 0 N–H and O–H groups in total. The predicted molar refractivity (Wildman–Crippen MR) is 79.4 cm³/mol. The van der Waals surface area contributed by atoms with Crippen molar-refractivity contribution in [1.29, 1.82) is 0 Å². The first-order valence-electron chi connectivity index (χ1n) is 7.19. The normalized spacial score (nSPS) is 15.8. The number of rotatable bonds is 4. The number of non-ortho nitro benzene ring substituents is 1. The lowest BCUT2D eigenvalue weighted by Crippen LogP contribution is -2.37. The van der Waals surface area contributed by atoms with Crippen LogP contribution in [0.1, 0.15) is 25.3 Å². The highest BCUT2D eigenvalue weighted by atomic mass is 16.6. The fraction of sp³-hybridized carbons (Fsp3) is 0.533. The fourth-order valence-corrected chi connectivity index (χ4v) is 2.72. The molecule has 1 aromatic rings. The smallest absolute Gasteiger partial charge is 0.309 e. The molecule has 6 heteroatoms. The van der Waals surface area contributed by atoms with Crippen molar-refractivity contribution in [1.82, 2.24) is 0 Å². The zero-order chi connectivity index (χ0) is 15.4. The van der Waals surface area contributed by atoms with Crippen LogP contribution < -0.4 is 4.90 Å². The van der Waals surface area contributed by atoms with Crippen LogP contribution in [-0.2, 0) is 9.53 Å². The van der Waals surface area contributed by atoms with Crippen molar-refractivity contribution in [2.24, 2.45) is 5.92 Å². The Labute approximate surface area is 123 Å². The number of aryl methyl sites for hydroxylation is 1. The maximum atomic E-state index is 11.7. The molecular weight excluding hydrogens is 272 g/mol. The molecular formula is C15H20N2O4. The van der Waals surface area contributed by atoms with Gasteiger partial charge in [-0.25, -0.2) is 0 Å². The zero-order valence-corrected chi connectivity index (χ0v) is 12.4. The van der Waals surface area contributed by atoms with Gasteiger partial charge in [0.15, 0.2) is 0 Å². The summed E-state index contributed by atoms with van der Waals surface area (Å²) in [5, 5.41) is 10.8. The molecule has 114 valence electrons. The first kappa shape index (κ1) is 15.3. The van der Waals surface area contributed by atoms with Crippen LogP contribution in [-0.4, -0.2) is 30.6 Å². The molecule has 0 spiro atoms. The van der Waals surface area contributed by atoms with E-state index in [1.54, 1.807) is 12.1 Å². The average Bonchev–Trinajstić information content (AvgIpc) is 2.47. The van der Waals surface area contributed by atoms with Gasteiger partial charge >= 0.3 is 5.97 Å². The molecule has 6 nitrogen and oxygen atoms in total. The minimum absolute atomic E-state index is 0.0282. The quantitative estimate of drug-likeness (QED) is 0.484. The average molecular weight is 292 g/mol. The lowest BCUT2D eigenvalue weighted by Gasteiger charge is -2.33. The van der Waals surface area contributed by atoms with Gasteiger partial charge in [-0.1, -0.05) is 0 Å². The van der Waals surface area contributed by atoms with Crippen LogP contribution in [0.3, 0.4) is 0 Å². The van der Waals surface area contributed by atoms with Crippen LogP contribution in [0.4, 0.5) is 11.4 Å². The van der Waals surface area contributed by atoms with Gasteiger partial charge in [0.2, 0.25) is 0 Å². The second-order valence-corrected chi connectivity index (χ2v) is 5.24. The van der Waals surface area contributed by atoms with Crippen LogP contribution in [0.2, 0.25) is 0 Å². The van der Waals surface area contributed by atoms with E-state index in [-0.39, 0.29) is 22.5 Å². The van der Waals surface area contributed by atoms with E-state index in [0.717, 1.165) is 37.2 Å². The largest absolute Gasteiger partial charge is 0.466 e. The zero-order valence-electron chi connectivity index (χ0n) is 12.4. The minimum atomic E-state index is -0.385. The van der Waals surface area contributed by atoms with E-state index < -0.39 is 0 Å². The molecule has 0 saturated carbocycles. The van der Waals surface area contributed by atoms with E-state index >= 15 is 0 Å². The van der Waals surface area contributed by atoms with E-state index in [2.05, 4.69) is 4.90 Å². The lowest BCUT2D eigenvalue weighted by atomic mass is 9.96. The first-order chi connectivity index (χ1) is 10.0. The number of ether oxygens (including phenoxy) is 1. The Morgan fingerprint density at radius 2 is 2.10 bits per heavy atom. The SMILES string of the molecule is CCOC(=O)C1CCN(c2ccc([N+](=O)[O-])cc2C)CC1. The Hall–Kier alpha value is -2.11. The molecule has 0 unspecified atom stereocenters. The highest BCUT2D eigenvalue weighted by Gasteiger charge is 2.26. The summed E-state index contributed by atoms with van der Waals surface area (Å²) in [6.45, 7) is 5.64. The fourth-order valence-electron chi connectivity index (χ4n) is 2.72. The minimum Gasteiger partial charge on any atom is -0.466 e. The third kappa shape index (κ3) is 3.51. The van der Waals surface area contributed by atoms with E-state index in [0.29, 0.717) is 6.61 Å². The summed E-state index contributed by atoms with van der Waals surface area (Å²) in [5.41, 5.74) is 2.00. The van der Waals surface area contributed by atoms with Gasteiger partial charge in [-0.05, 0) is 38.3 Å². The monoisotopic (exact) mass is 292 g/mol. The highest BCUT2D eigenvalue weighted by Crippen LogP contribution is 2.29. The van der Waals surface area contributed by atoms with E-state index in [9.17, 15) is 14.9 Å². The number of carbonyl (C=O) groups excluding carboxylic acids is 1. The van der Waals surface area contributed by atoms with Crippen LogP contribution in [0.15, 0.2) is 18.2 Å². The van der Waals surface area contributed by atoms with Crippen molar-refractivity contribution in [2.45, 2.75) is 26.7 Å². The van der Waals surface area contributed by atoms with Crippen LogP contribution in [0.25, 0.3) is 0 Å². The van der Waals surface area contributed by atoms with Gasteiger partial charge in [-0.2, -0.15) is 0 Å². The first-order valence-corrected chi connectivity index (χ1v) is 7.19. The Bertz CT molecular complexity index is 536. The number of carbonyl (C=O) groups is 1. The van der Waals surface area contributed by atoms with Gasteiger partial charge in [0.1, 0.15) is 0 Å². The number of piperidine rings is 1. The summed E-state index contributed by atoms with van der Waals surface area (Å²) in [5.74, 6) is -0.142. The number of nitro groups is 1.